The zero-order valence-corrected chi connectivity index (χ0v) is 9.64. The van der Waals surface area contributed by atoms with E-state index in [9.17, 15) is 0 Å². The Bertz CT molecular complexity index is 501. The van der Waals surface area contributed by atoms with Crippen LogP contribution in [0.5, 0.6) is 0 Å². The van der Waals surface area contributed by atoms with Crippen LogP contribution in [0.2, 0.25) is 0 Å². The minimum atomic E-state index is 0.472. The molecule has 0 atom stereocenters. The van der Waals surface area contributed by atoms with E-state index in [1.807, 2.05) is 6.07 Å². The minimum absolute atomic E-state index is 0.472. The van der Waals surface area contributed by atoms with E-state index < -0.39 is 0 Å². The quantitative estimate of drug-likeness (QED) is 0.848. The molecule has 1 saturated carbocycles. The summed E-state index contributed by atoms with van der Waals surface area (Å²) in [6.45, 7) is 0.590. The van der Waals surface area contributed by atoms with Gasteiger partial charge in [-0.15, -0.1) is 0 Å². The smallest absolute Gasteiger partial charge is 0.278 e. The topological polar surface area (TPSA) is 76.8 Å². The van der Waals surface area contributed by atoms with Crippen molar-refractivity contribution in [3.63, 3.8) is 0 Å². The lowest BCUT2D eigenvalue weighted by molar-refractivity contribution is 0.199. The first-order valence-electron chi connectivity index (χ1n) is 5.74. The fraction of sp³-hybridized carbons (Fsp3) is 0.545. The second-order valence-corrected chi connectivity index (χ2v) is 4.24. The second-order valence-electron chi connectivity index (χ2n) is 4.24. The van der Waals surface area contributed by atoms with Crippen LogP contribution in [0, 0.1) is 0 Å². The van der Waals surface area contributed by atoms with Crippen molar-refractivity contribution in [1.82, 2.24) is 20.3 Å². The molecule has 17 heavy (non-hydrogen) atoms. The minimum Gasteiger partial charge on any atom is -0.384 e. The van der Waals surface area contributed by atoms with Gasteiger partial charge in [0.15, 0.2) is 11.5 Å². The molecule has 0 aliphatic heterocycles. The van der Waals surface area contributed by atoms with Gasteiger partial charge in [-0.25, -0.2) is 0 Å². The number of aromatic nitrogens is 4. The summed E-state index contributed by atoms with van der Waals surface area (Å²) in [4.78, 5) is 4.27. The molecule has 1 aliphatic carbocycles. The van der Waals surface area contributed by atoms with Crippen LogP contribution in [0.1, 0.15) is 30.3 Å². The molecule has 1 aliphatic rings. The van der Waals surface area contributed by atoms with E-state index in [4.69, 9.17) is 9.26 Å². The van der Waals surface area contributed by atoms with Gasteiger partial charge in [-0.05, 0) is 18.9 Å². The molecule has 0 radical (unpaired) electrons. The molecule has 6 heteroatoms. The molecule has 0 unspecified atom stereocenters. The number of aromatic amines is 1. The summed E-state index contributed by atoms with van der Waals surface area (Å²) in [7, 11) is 1.65. The van der Waals surface area contributed by atoms with Crippen LogP contribution < -0.4 is 0 Å². The zero-order valence-electron chi connectivity index (χ0n) is 9.64. The SMILES string of the molecule is COCCc1noc(-c2cc(C3CC3)[nH]n2)n1. The summed E-state index contributed by atoms with van der Waals surface area (Å²) < 4.78 is 10.1. The van der Waals surface area contributed by atoms with Gasteiger partial charge in [0, 0.05) is 25.1 Å². The van der Waals surface area contributed by atoms with E-state index in [2.05, 4.69) is 20.3 Å². The number of rotatable bonds is 5. The summed E-state index contributed by atoms with van der Waals surface area (Å²) in [5.74, 6) is 1.77. The lowest BCUT2D eigenvalue weighted by atomic mass is 10.3. The highest BCUT2D eigenvalue weighted by Crippen LogP contribution is 2.39. The standard InChI is InChI=1S/C11H14N4O2/c1-16-5-4-10-12-11(17-15-10)9-6-8(13-14-9)7-2-3-7/h6-7H,2-5H2,1H3,(H,13,14). The van der Waals surface area contributed by atoms with Crippen molar-refractivity contribution >= 4 is 0 Å². The Labute approximate surface area is 98.4 Å². The molecule has 90 valence electrons. The molecular weight excluding hydrogens is 220 g/mol. The molecule has 2 heterocycles. The molecule has 2 aromatic rings. The Morgan fingerprint density at radius 2 is 2.41 bits per heavy atom. The normalized spacial score (nSPS) is 15.4. The van der Waals surface area contributed by atoms with Crippen molar-refractivity contribution < 1.29 is 9.26 Å². The predicted octanol–water partition coefficient (Wildman–Crippen LogP) is 1.53. The molecular formula is C11H14N4O2. The average molecular weight is 234 g/mol. The monoisotopic (exact) mass is 234 g/mol. The van der Waals surface area contributed by atoms with Crippen LogP contribution in [0.4, 0.5) is 0 Å². The first-order valence-corrected chi connectivity index (χ1v) is 5.74. The maximum absolute atomic E-state index is 5.16. The molecule has 0 saturated heterocycles. The lowest BCUT2D eigenvalue weighted by Crippen LogP contribution is -1.96. The summed E-state index contributed by atoms with van der Waals surface area (Å²) in [5.41, 5.74) is 1.89. The maximum atomic E-state index is 5.16. The van der Waals surface area contributed by atoms with E-state index in [1.54, 1.807) is 7.11 Å². The Morgan fingerprint density at radius 3 is 3.18 bits per heavy atom. The molecule has 1 fully saturated rings. The lowest BCUT2D eigenvalue weighted by Gasteiger charge is -1.90. The molecule has 0 bridgehead atoms. The van der Waals surface area contributed by atoms with Crippen LogP contribution >= 0.6 is 0 Å². The molecule has 0 aromatic carbocycles. The van der Waals surface area contributed by atoms with Crippen LogP contribution in [0.15, 0.2) is 10.6 Å². The van der Waals surface area contributed by atoms with Crippen LogP contribution in [0.3, 0.4) is 0 Å². The highest BCUT2D eigenvalue weighted by atomic mass is 16.5. The van der Waals surface area contributed by atoms with E-state index in [1.165, 1.54) is 12.8 Å². The van der Waals surface area contributed by atoms with Crippen molar-refractivity contribution in [3.05, 3.63) is 17.6 Å². The summed E-state index contributed by atoms with van der Waals surface area (Å²) in [6, 6.07) is 1.99. The van der Waals surface area contributed by atoms with Gasteiger partial charge in [0.05, 0.1) is 6.61 Å². The van der Waals surface area contributed by atoms with E-state index in [0.717, 1.165) is 11.4 Å². The van der Waals surface area contributed by atoms with E-state index in [-0.39, 0.29) is 0 Å². The van der Waals surface area contributed by atoms with E-state index in [0.29, 0.717) is 30.7 Å². The van der Waals surface area contributed by atoms with Gasteiger partial charge in [0.2, 0.25) is 0 Å². The third-order valence-electron chi connectivity index (χ3n) is 2.83. The number of nitrogens with one attached hydrogen (secondary N) is 1. The van der Waals surface area contributed by atoms with Crippen molar-refractivity contribution in [3.8, 4) is 11.6 Å². The van der Waals surface area contributed by atoms with Crippen molar-refractivity contribution in [2.75, 3.05) is 13.7 Å². The van der Waals surface area contributed by atoms with Gasteiger partial charge >= 0.3 is 0 Å². The fourth-order valence-electron chi connectivity index (χ4n) is 1.70. The van der Waals surface area contributed by atoms with Crippen molar-refractivity contribution in [2.45, 2.75) is 25.2 Å². The first kappa shape index (κ1) is 10.5. The Kier molecular flexibility index (Phi) is 2.64. The molecule has 2 aromatic heterocycles. The maximum Gasteiger partial charge on any atom is 0.278 e. The third-order valence-corrected chi connectivity index (χ3v) is 2.83. The number of hydrogen-bond donors (Lipinski definition) is 1. The van der Waals surface area contributed by atoms with Gasteiger partial charge in [0.1, 0.15) is 0 Å². The Balaban J connectivity index is 1.75. The largest absolute Gasteiger partial charge is 0.384 e. The molecule has 0 amide bonds. The van der Waals surface area contributed by atoms with Crippen LogP contribution in [-0.2, 0) is 11.2 Å². The number of hydrogen-bond acceptors (Lipinski definition) is 5. The number of ether oxygens (including phenoxy) is 1. The molecule has 0 spiro atoms. The summed E-state index contributed by atoms with van der Waals surface area (Å²) >= 11 is 0. The van der Waals surface area contributed by atoms with Gasteiger partial charge in [-0.2, -0.15) is 10.1 Å². The highest BCUT2D eigenvalue weighted by Gasteiger charge is 2.26. The van der Waals surface area contributed by atoms with Crippen LogP contribution in [0.25, 0.3) is 11.6 Å². The summed E-state index contributed by atoms with van der Waals surface area (Å²) in [6.07, 6.45) is 3.13. The molecule has 3 rings (SSSR count). The van der Waals surface area contributed by atoms with Gasteiger partial charge < -0.3 is 9.26 Å². The Hall–Kier alpha value is -1.69. The predicted molar refractivity (Wildman–Crippen MR) is 59.4 cm³/mol. The van der Waals surface area contributed by atoms with Crippen molar-refractivity contribution in [1.29, 1.82) is 0 Å². The average Bonchev–Trinajstić information content (AvgIpc) is 2.92. The third kappa shape index (κ3) is 2.21. The van der Waals surface area contributed by atoms with E-state index >= 15 is 0 Å². The van der Waals surface area contributed by atoms with Crippen molar-refractivity contribution in [2.24, 2.45) is 0 Å². The Morgan fingerprint density at radius 1 is 1.53 bits per heavy atom. The van der Waals surface area contributed by atoms with Crippen LogP contribution in [-0.4, -0.2) is 34.1 Å². The number of H-pyrrole nitrogens is 1. The highest BCUT2D eigenvalue weighted by molar-refractivity contribution is 5.47. The first-order chi connectivity index (χ1) is 8.36. The fourth-order valence-corrected chi connectivity index (χ4v) is 1.70. The number of nitrogens with zero attached hydrogens (tertiary/aromatic N) is 3. The molecule has 6 nitrogen and oxygen atoms in total. The summed E-state index contributed by atoms with van der Waals surface area (Å²) in [5, 5.41) is 11.1. The van der Waals surface area contributed by atoms with Gasteiger partial charge in [-0.1, -0.05) is 5.16 Å². The second kappa shape index (κ2) is 4.29. The van der Waals surface area contributed by atoms with Gasteiger partial charge in [0.25, 0.3) is 5.89 Å². The molecule has 1 N–H and O–H groups in total. The number of methoxy groups -OCH3 is 1. The zero-order chi connectivity index (χ0) is 11.7. The van der Waals surface area contributed by atoms with Gasteiger partial charge in [-0.3, -0.25) is 5.10 Å².